The first-order valence-corrected chi connectivity index (χ1v) is 2.16. The Bertz CT molecular complexity index is 130. The zero-order valence-electron chi connectivity index (χ0n) is 4.94. The van der Waals surface area contributed by atoms with Gasteiger partial charge >= 0.3 is 11.9 Å². The highest BCUT2D eigenvalue weighted by atomic mass is 16.4. The second kappa shape index (κ2) is 4.71. The molecule has 0 aliphatic rings. The highest BCUT2D eigenvalue weighted by molar-refractivity contribution is 5.79. The fourth-order valence-electron chi connectivity index (χ4n) is 0.253. The third-order valence-electron chi connectivity index (χ3n) is 0.653. The molecule has 60 valence electrons. The van der Waals surface area contributed by atoms with Crippen molar-refractivity contribution in [2.75, 3.05) is 0 Å². The molecule has 0 saturated carbocycles. The minimum Gasteiger partial charge on any atom is -0.481 e. The highest BCUT2D eigenvalue weighted by Gasteiger charge is 2.16. The molecule has 6 heteroatoms. The molecule has 0 heterocycles. The Labute approximate surface area is 56.0 Å². The van der Waals surface area contributed by atoms with Gasteiger partial charge in [-0.15, -0.1) is 0 Å². The van der Waals surface area contributed by atoms with Gasteiger partial charge in [0.25, 0.3) is 0 Å². The van der Waals surface area contributed by atoms with E-state index >= 15 is 0 Å². The fourth-order valence-corrected chi connectivity index (χ4v) is 0.253. The van der Waals surface area contributed by atoms with Crippen LogP contribution in [0, 0.1) is 0 Å². The van der Waals surface area contributed by atoms with Crippen molar-refractivity contribution in [2.45, 2.75) is 12.5 Å². The Morgan fingerprint density at radius 3 is 1.80 bits per heavy atom. The minimum atomic E-state index is -1.79. The topological polar surface area (TPSA) is 126 Å². The van der Waals surface area contributed by atoms with E-state index in [1.54, 1.807) is 0 Å². The zero-order chi connectivity index (χ0) is 7.44. The highest BCUT2D eigenvalue weighted by Crippen LogP contribution is 1.89. The van der Waals surface area contributed by atoms with Crippen LogP contribution in [0.15, 0.2) is 0 Å². The molecular weight excluding hydrogens is 144 g/mol. The monoisotopic (exact) mass is 152 g/mol. The van der Waals surface area contributed by atoms with Crippen LogP contribution in [0.1, 0.15) is 6.42 Å². The number of carboxylic acids is 2. The Morgan fingerprint density at radius 2 is 1.70 bits per heavy atom. The number of aliphatic hydroxyl groups is 1. The fraction of sp³-hybridized carbons (Fsp3) is 0.500. The van der Waals surface area contributed by atoms with Gasteiger partial charge in [-0.1, -0.05) is 0 Å². The molecule has 0 rings (SSSR count). The Hall–Kier alpha value is -1.14. The SMILES string of the molecule is O.O=C(O)C[C@@H](O)C(=O)O. The van der Waals surface area contributed by atoms with E-state index in [2.05, 4.69) is 0 Å². The second-order valence-corrected chi connectivity index (χ2v) is 1.45. The summed E-state index contributed by atoms with van der Waals surface area (Å²) in [6, 6.07) is 0. The molecule has 0 unspecified atom stereocenters. The second-order valence-electron chi connectivity index (χ2n) is 1.45. The lowest BCUT2D eigenvalue weighted by Crippen LogP contribution is -2.22. The van der Waals surface area contributed by atoms with Gasteiger partial charge in [-0.25, -0.2) is 4.79 Å². The first kappa shape index (κ1) is 11.6. The van der Waals surface area contributed by atoms with Gasteiger partial charge in [-0.3, -0.25) is 4.79 Å². The Balaban J connectivity index is 0. The maximum atomic E-state index is 9.72. The van der Waals surface area contributed by atoms with Crippen LogP contribution >= 0.6 is 0 Å². The van der Waals surface area contributed by atoms with E-state index in [-0.39, 0.29) is 5.48 Å². The first-order chi connectivity index (χ1) is 4.04. The average Bonchev–Trinajstić information content (AvgIpc) is 1.63. The van der Waals surface area contributed by atoms with E-state index in [1.807, 2.05) is 0 Å². The maximum absolute atomic E-state index is 9.72. The molecule has 5 N–H and O–H groups in total. The smallest absolute Gasteiger partial charge is 0.333 e. The van der Waals surface area contributed by atoms with Crippen molar-refractivity contribution in [3.05, 3.63) is 0 Å². The van der Waals surface area contributed by atoms with E-state index in [0.717, 1.165) is 0 Å². The lowest BCUT2D eigenvalue weighted by Gasteiger charge is -1.97. The van der Waals surface area contributed by atoms with E-state index in [4.69, 9.17) is 15.3 Å². The minimum absolute atomic E-state index is 0. The van der Waals surface area contributed by atoms with Crippen molar-refractivity contribution < 1.29 is 30.4 Å². The zero-order valence-corrected chi connectivity index (χ0v) is 4.94. The number of carbonyl (C=O) groups is 2. The van der Waals surface area contributed by atoms with Gasteiger partial charge in [-0.05, 0) is 0 Å². The molecule has 0 aromatic rings. The molecular formula is C4H8O6. The summed E-state index contributed by atoms with van der Waals surface area (Å²) in [7, 11) is 0. The predicted octanol–water partition coefficient (Wildman–Crippen LogP) is -1.92. The molecule has 0 aromatic carbocycles. The van der Waals surface area contributed by atoms with Gasteiger partial charge < -0.3 is 20.8 Å². The summed E-state index contributed by atoms with van der Waals surface area (Å²) in [5.41, 5.74) is 0. The van der Waals surface area contributed by atoms with E-state index in [0.29, 0.717) is 0 Å². The van der Waals surface area contributed by atoms with Crippen LogP contribution in [-0.2, 0) is 9.59 Å². The maximum Gasteiger partial charge on any atom is 0.333 e. The van der Waals surface area contributed by atoms with E-state index < -0.39 is 24.5 Å². The van der Waals surface area contributed by atoms with E-state index in [9.17, 15) is 9.59 Å². The van der Waals surface area contributed by atoms with Crippen LogP contribution in [0.5, 0.6) is 0 Å². The molecule has 0 spiro atoms. The summed E-state index contributed by atoms with van der Waals surface area (Å²) in [6.07, 6.45) is -2.54. The molecule has 0 saturated heterocycles. The van der Waals surface area contributed by atoms with Gasteiger partial charge in [0.1, 0.15) is 0 Å². The van der Waals surface area contributed by atoms with Gasteiger partial charge in [0, 0.05) is 0 Å². The largest absolute Gasteiger partial charge is 0.481 e. The molecule has 0 bridgehead atoms. The molecule has 0 fully saturated rings. The molecule has 6 nitrogen and oxygen atoms in total. The number of hydrogen-bond acceptors (Lipinski definition) is 3. The molecule has 1 atom stereocenters. The number of aliphatic hydroxyl groups excluding tert-OH is 1. The third-order valence-corrected chi connectivity index (χ3v) is 0.653. The summed E-state index contributed by atoms with van der Waals surface area (Å²) in [4.78, 5) is 19.4. The number of hydrogen-bond donors (Lipinski definition) is 3. The lowest BCUT2D eigenvalue weighted by molar-refractivity contribution is -0.152. The first-order valence-electron chi connectivity index (χ1n) is 2.16. The number of rotatable bonds is 3. The molecule has 0 aliphatic heterocycles. The van der Waals surface area contributed by atoms with Crippen LogP contribution in [0.4, 0.5) is 0 Å². The van der Waals surface area contributed by atoms with Crippen molar-refractivity contribution >= 4 is 11.9 Å². The van der Waals surface area contributed by atoms with Crippen LogP contribution in [0.25, 0.3) is 0 Å². The molecule has 0 aromatic heterocycles. The van der Waals surface area contributed by atoms with Crippen LogP contribution in [0.2, 0.25) is 0 Å². The van der Waals surface area contributed by atoms with Crippen molar-refractivity contribution in [3.8, 4) is 0 Å². The van der Waals surface area contributed by atoms with E-state index in [1.165, 1.54) is 0 Å². The van der Waals surface area contributed by atoms with Crippen molar-refractivity contribution in [2.24, 2.45) is 0 Å². The summed E-state index contributed by atoms with van der Waals surface area (Å²) in [5.74, 6) is -2.85. The Kier molecular flexibility index (Phi) is 5.48. The van der Waals surface area contributed by atoms with Crippen molar-refractivity contribution in [1.82, 2.24) is 0 Å². The van der Waals surface area contributed by atoms with Crippen LogP contribution in [-0.4, -0.2) is 38.8 Å². The molecule has 0 aliphatic carbocycles. The van der Waals surface area contributed by atoms with Crippen LogP contribution < -0.4 is 0 Å². The number of carboxylic acid groups (broad SMARTS) is 2. The van der Waals surface area contributed by atoms with Gasteiger partial charge in [0.15, 0.2) is 6.10 Å². The van der Waals surface area contributed by atoms with Gasteiger partial charge in [0.2, 0.25) is 0 Å². The lowest BCUT2D eigenvalue weighted by atomic mass is 10.3. The average molecular weight is 152 g/mol. The van der Waals surface area contributed by atoms with Gasteiger partial charge in [-0.2, -0.15) is 0 Å². The van der Waals surface area contributed by atoms with Crippen LogP contribution in [0.3, 0.4) is 0 Å². The molecule has 10 heavy (non-hydrogen) atoms. The third kappa shape index (κ3) is 5.01. The Morgan fingerprint density at radius 1 is 1.30 bits per heavy atom. The van der Waals surface area contributed by atoms with Crippen molar-refractivity contribution in [1.29, 1.82) is 0 Å². The summed E-state index contributed by atoms with van der Waals surface area (Å²) in [6.45, 7) is 0. The molecule has 0 radical (unpaired) electrons. The molecule has 0 amide bonds. The summed E-state index contributed by atoms with van der Waals surface area (Å²) < 4.78 is 0. The summed E-state index contributed by atoms with van der Waals surface area (Å²) >= 11 is 0. The van der Waals surface area contributed by atoms with Gasteiger partial charge in [0.05, 0.1) is 6.42 Å². The quantitative estimate of drug-likeness (QED) is 0.434. The normalized spacial score (nSPS) is 11.3. The number of aliphatic carboxylic acids is 2. The predicted molar refractivity (Wildman–Crippen MR) is 29.5 cm³/mol. The van der Waals surface area contributed by atoms with Crippen molar-refractivity contribution in [3.63, 3.8) is 0 Å². The standard InChI is InChI=1S/C4H6O5.H2O/c5-2(4(8)9)1-3(6)7;/h2,5H,1H2,(H,6,7)(H,8,9);1H2/t2-;/m1./s1. The summed E-state index contributed by atoms with van der Waals surface area (Å²) in [5, 5.41) is 24.1.